The highest BCUT2D eigenvalue weighted by Gasteiger charge is 2.09. The molecule has 0 aliphatic heterocycles. The fraction of sp³-hybridized carbons (Fsp3) is 0.125. The summed E-state index contributed by atoms with van der Waals surface area (Å²) in [7, 11) is 3.42. The van der Waals surface area contributed by atoms with Gasteiger partial charge in [-0.3, -0.25) is 0 Å². The summed E-state index contributed by atoms with van der Waals surface area (Å²) in [6.45, 7) is 0. The Kier molecular flexibility index (Phi) is 3.39. The maximum absolute atomic E-state index is 13.0. The highest BCUT2D eigenvalue weighted by atomic mass is 19.1. The van der Waals surface area contributed by atoms with Crippen molar-refractivity contribution in [3.05, 3.63) is 48.3 Å². The number of rotatable bonds is 3. The van der Waals surface area contributed by atoms with E-state index in [-0.39, 0.29) is 5.82 Å². The highest BCUT2D eigenvalue weighted by molar-refractivity contribution is 5.91. The highest BCUT2D eigenvalue weighted by Crippen LogP contribution is 2.27. The van der Waals surface area contributed by atoms with Crippen molar-refractivity contribution in [1.82, 2.24) is 9.97 Å². The van der Waals surface area contributed by atoms with E-state index in [1.807, 2.05) is 18.2 Å². The van der Waals surface area contributed by atoms with Crippen LogP contribution in [-0.2, 0) is 0 Å². The summed E-state index contributed by atoms with van der Waals surface area (Å²) in [5.41, 5.74) is 1.57. The number of methoxy groups -OCH3 is 1. The van der Waals surface area contributed by atoms with Crippen LogP contribution in [0.4, 0.5) is 10.2 Å². The first kappa shape index (κ1) is 13.3. The van der Waals surface area contributed by atoms with Gasteiger partial charge in [0.25, 0.3) is 0 Å². The van der Waals surface area contributed by atoms with Gasteiger partial charge in [0.2, 0.25) is 0 Å². The zero-order valence-corrected chi connectivity index (χ0v) is 11.7. The number of nitrogens with zero attached hydrogens (tertiary/aromatic N) is 2. The molecule has 0 bridgehead atoms. The fourth-order valence-corrected chi connectivity index (χ4v) is 2.15. The summed E-state index contributed by atoms with van der Waals surface area (Å²) in [4.78, 5) is 9.02. The van der Waals surface area contributed by atoms with Crippen LogP contribution in [0.15, 0.2) is 42.5 Å². The number of hydrogen-bond donors (Lipinski definition) is 1. The lowest BCUT2D eigenvalue weighted by Gasteiger charge is -2.09. The molecule has 5 heteroatoms. The molecule has 1 N–H and O–H groups in total. The average Bonchev–Trinajstić information content (AvgIpc) is 2.54. The van der Waals surface area contributed by atoms with Crippen LogP contribution in [0, 0.1) is 5.82 Å². The Morgan fingerprint density at radius 1 is 1.05 bits per heavy atom. The molecule has 0 spiro atoms. The first-order valence-electron chi connectivity index (χ1n) is 6.51. The molecule has 106 valence electrons. The summed E-state index contributed by atoms with van der Waals surface area (Å²) in [5, 5.41) is 3.94. The predicted octanol–water partition coefficient (Wildman–Crippen LogP) is 3.49. The second kappa shape index (κ2) is 5.36. The zero-order chi connectivity index (χ0) is 14.8. The van der Waals surface area contributed by atoms with Crippen molar-refractivity contribution in [3.8, 4) is 17.1 Å². The zero-order valence-electron chi connectivity index (χ0n) is 11.7. The Hall–Kier alpha value is -2.69. The molecule has 0 fully saturated rings. The van der Waals surface area contributed by atoms with Gasteiger partial charge in [0.15, 0.2) is 5.82 Å². The second-order valence-corrected chi connectivity index (χ2v) is 4.54. The van der Waals surface area contributed by atoms with Gasteiger partial charge in [0.1, 0.15) is 17.4 Å². The molecule has 0 atom stereocenters. The number of benzene rings is 2. The molecule has 0 aliphatic carbocycles. The van der Waals surface area contributed by atoms with Crippen LogP contribution in [0.1, 0.15) is 0 Å². The lowest BCUT2D eigenvalue weighted by Crippen LogP contribution is -1.99. The molecule has 1 heterocycles. The van der Waals surface area contributed by atoms with Gasteiger partial charge in [-0.1, -0.05) is 0 Å². The Labute approximate surface area is 121 Å². The molecule has 0 aliphatic rings. The van der Waals surface area contributed by atoms with E-state index < -0.39 is 0 Å². The van der Waals surface area contributed by atoms with E-state index >= 15 is 0 Å². The molecular formula is C16H14FN3O. The van der Waals surface area contributed by atoms with Crippen LogP contribution >= 0.6 is 0 Å². The average molecular weight is 283 g/mol. The quantitative estimate of drug-likeness (QED) is 0.799. The van der Waals surface area contributed by atoms with Gasteiger partial charge < -0.3 is 10.1 Å². The summed E-state index contributed by atoms with van der Waals surface area (Å²) >= 11 is 0. The van der Waals surface area contributed by atoms with Gasteiger partial charge >= 0.3 is 0 Å². The van der Waals surface area contributed by atoms with Gasteiger partial charge in [-0.05, 0) is 42.5 Å². The number of anilines is 1. The summed E-state index contributed by atoms with van der Waals surface area (Å²) in [6, 6.07) is 11.7. The maximum atomic E-state index is 13.0. The molecule has 2 aromatic carbocycles. The smallest absolute Gasteiger partial charge is 0.162 e. The van der Waals surface area contributed by atoms with Crippen molar-refractivity contribution < 1.29 is 9.13 Å². The van der Waals surface area contributed by atoms with E-state index in [2.05, 4.69) is 15.3 Å². The van der Waals surface area contributed by atoms with Crippen molar-refractivity contribution in [2.45, 2.75) is 0 Å². The van der Waals surface area contributed by atoms with E-state index in [1.54, 1.807) is 26.3 Å². The minimum atomic E-state index is -0.280. The number of halogens is 1. The van der Waals surface area contributed by atoms with Crippen molar-refractivity contribution in [2.24, 2.45) is 0 Å². The first-order chi connectivity index (χ1) is 10.2. The van der Waals surface area contributed by atoms with Crippen molar-refractivity contribution in [1.29, 1.82) is 0 Å². The normalized spacial score (nSPS) is 10.6. The van der Waals surface area contributed by atoms with E-state index in [0.29, 0.717) is 11.6 Å². The van der Waals surface area contributed by atoms with Crippen molar-refractivity contribution >= 4 is 16.7 Å². The van der Waals surface area contributed by atoms with Gasteiger partial charge in [0, 0.05) is 18.0 Å². The first-order valence-corrected chi connectivity index (χ1v) is 6.51. The number of ether oxygens (including phenoxy) is 1. The number of fused-ring (bicyclic) bond motifs is 1. The van der Waals surface area contributed by atoms with Crippen LogP contribution in [0.3, 0.4) is 0 Å². The Bertz CT molecular complexity index is 787. The molecule has 0 saturated heterocycles. The van der Waals surface area contributed by atoms with Crippen LogP contribution in [0.25, 0.3) is 22.3 Å². The maximum Gasteiger partial charge on any atom is 0.162 e. The summed E-state index contributed by atoms with van der Waals surface area (Å²) in [6.07, 6.45) is 0. The molecule has 21 heavy (non-hydrogen) atoms. The third-order valence-electron chi connectivity index (χ3n) is 3.24. The van der Waals surface area contributed by atoms with E-state index in [4.69, 9.17) is 4.74 Å². The van der Waals surface area contributed by atoms with Gasteiger partial charge in [0.05, 0.1) is 12.6 Å². The molecular weight excluding hydrogens is 269 g/mol. The largest absolute Gasteiger partial charge is 0.497 e. The van der Waals surface area contributed by atoms with Crippen LogP contribution in [0.5, 0.6) is 5.75 Å². The Morgan fingerprint density at radius 3 is 2.48 bits per heavy atom. The Balaban J connectivity index is 2.19. The van der Waals surface area contributed by atoms with Crippen LogP contribution in [0.2, 0.25) is 0 Å². The predicted molar refractivity (Wildman–Crippen MR) is 81.0 cm³/mol. The van der Waals surface area contributed by atoms with E-state index in [9.17, 15) is 4.39 Å². The molecule has 0 radical (unpaired) electrons. The monoisotopic (exact) mass is 283 g/mol. The van der Waals surface area contributed by atoms with Crippen molar-refractivity contribution in [3.63, 3.8) is 0 Å². The summed E-state index contributed by atoms with van der Waals surface area (Å²) < 4.78 is 18.2. The molecule has 3 rings (SSSR count). The molecule has 0 saturated carbocycles. The lowest BCUT2D eigenvalue weighted by atomic mass is 10.1. The second-order valence-electron chi connectivity index (χ2n) is 4.54. The van der Waals surface area contributed by atoms with E-state index in [0.717, 1.165) is 22.2 Å². The van der Waals surface area contributed by atoms with Gasteiger partial charge in [-0.2, -0.15) is 0 Å². The molecule has 1 aromatic heterocycles. The minimum Gasteiger partial charge on any atom is -0.497 e. The molecule has 3 aromatic rings. The molecule has 0 amide bonds. The third kappa shape index (κ3) is 2.50. The molecule has 4 nitrogen and oxygen atoms in total. The van der Waals surface area contributed by atoms with Crippen molar-refractivity contribution in [2.75, 3.05) is 19.5 Å². The number of aromatic nitrogens is 2. The third-order valence-corrected chi connectivity index (χ3v) is 3.24. The van der Waals surface area contributed by atoms with E-state index in [1.165, 1.54) is 12.1 Å². The minimum absolute atomic E-state index is 0.280. The van der Waals surface area contributed by atoms with Gasteiger partial charge in [-0.25, -0.2) is 14.4 Å². The number of nitrogens with one attached hydrogen (secondary N) is 1. The summed E-state index contributed by atoms with van der Waals surface area (Å²) in [5.74, 6) is 1.73. The molecule has 0 unspecified atom stereocenters. The van der Waals surface area contributed by atoms with Gasteiger partial charge in [-0.15, -0.1) is 0 Å². The van der Waals surface area contributed by atoms with Crippen LogP contribution in [-0.4, -0.2) is 24.1 Å². The standard InChI is InChI=1S/C16H14FN3O/c1-18-16-13-9-12(21-2)7-8-14(13)19-15(20-16)10-3-5-11(17)6-4-10/h3-9H,1-2H3,(H,18,19,20). The SMILES string of the molecule is CNc1nc(-c2ccc(F)cc2)nc2ccc(OC)cc12. The number of hydrogen-bond acceptors (Lipinski definition) is 4. The topological polar surface area (TPSA) is 47.0 Å². The lowest BCUT2D eigenvalue weighted by molar-refractivity contribution is 0.415. The Morgan fingerprint density at radius 2 is 1.81 bits per heavy atom. The fourth-order valence-electron chi connectivity index (χ4n) is 2.15. The van der Waals surface area contributed by atoms with Crippen LogP contribution < -0.4 is 10.1 Å².